The quantitative estimate of drug-likeness (QED) is 0.121. The number of esters is 2. The zero-order valence-electron chi connectivity index (χ0n) is 32.4. The Kier molecular flexibility index (Phi) is 12.3. The highest BCUT2D eigenvalue weighted by molar-refractivity contribution is 6.74. The number of carbonyl (C=O) groups excluding carboxylic acids is 3. The van der Waals surface area contributed by atoms with Gasteiger partial charge in [-0.15, -0.1) is 0 Å². The van der Waals surface area contributed by atoms with Crippen LogP contribution in [0.2, 0.25) is 18.1 Å². The van der Waals surface area contributed by atoms with E-state index >= 15 is 4.79 Å². The van der Waals surface area contributed by atoms with Crippen LogP contribution in [-0.4, -0.2) is 66.9 Å². The maximum atomic E-state index is 15.7. The van der Waals surface area contributed by atoms with Crippen LogP contribution in [0.4, 0.5) is 0 Å². The van der Waals surface area contributed by atoms with E-state index in [0.29, 0.717) is 12.8 Å². The molecule has 0 unspecified atom stereocenters. The highest BCUT2D eigenvalue weighted by Crippen LogP contribution is 2.49. The molecule has 0 bridgehead atoms. The van der Waals surface area contributed by atoms with Crippen LogP contribution in [0.25, 0.3) is 6.08 Å². The third-order valence-corrected chi connectivity index (χ3v) is 13.9. The van der Waals surface area contributed by atoms with Crippen LogP contribution >= 0.6 is 0 Å². The van der Waals surface area contributed by atoms with Gasteiger partial charge in [0.1, 0.15) is 17.3 Å². The lowest BCUT2D eigenvalue weighted by Gasteiger charge is -2.41. The van der Waals surface area contributed by atoms with Gasteiger partial charge in [-0.2, -0.15) is 0 Å². The number of hydrogen-bond acceptors (Lipinski definition) is 9. The average molecular weight is 723 g/mol. The van der Waals surface area contributed by atoms with Crippen LogP contribution in [0.3, 0.4) is 0 Å². The molecule has 10 heteroatoms. The van der Waals surface area contributed by atoms with E-state index in [2.05, 4.69) is 33.9 Å². The number of carbonyl (C=O) groups is 3. The van der Waals surface area contributed by atoms with E-state index in [1.807, 2.05) is 66.7 Å². The molecule has 9 nitrogen and oxygen atoms in total. The van der Waals surface area contributed by atoms with E-state index in [-0.39, 0.29) is 11.6 Å². The Morgan fingerprint density at radius 3 is 1.92 bits per heavy atom. The van der Waals surface area contributed by atoms with E-state index in [0.717, 1.165) is 24.0 Å². The number of Topliss-reactive ketones (excluding diaryl/α,β-unsaturated/α-hetero) is 1. The second-order valence-corrected chi connectivity index (χ2v) is 21.9. The smallest absolute Gasteiger partial charge is 0.350 e. The molecule has 2 fully saturated rings. The van der Waals surface area contributed by atoms with Crippen LogP contribution < -0.4 is 0 Å². The van der Waals surface area contributed by atoms with Crippen molar-refractivity contribution in [2.75, 3.05) is 0 Å². The highest BCUT2D eigenvalue weighted by atomic mass is 28.4. The van der Waals surface area contributed by atoms with E-state index in [1.165, 1.54) is 0 Å². The largest absolute Gasteiger partial charge is 0.458 e. The molecule has 51 heavy (non-hydrogen) atoms. The maximum absolute atomic E-state index is 15.7. The van der Waals surface area contributed by atoms with Crippen molar-refractivity contribution in [1.82, 2.24) is 0 Å². The zero-order valence-corrected chi connectivity index (χ0v) is 33.4. The Labute approximate surface area is 305 Å². The van der Waals surface area contributed by atoms with Crippen molar-refractivity contribution in [1.29, 1.82) is 0 Å². The van der Waals surface area contributed by atoms with Crippen molar-refractivity contribution in [3.05, 3.63) is 77.9 Å². The summed E-state index contributed by atoms with van der Waals surface area (Å²) >= 11 is 0. The molecule has 1 spiro atoms. The molecule has 2 aromatic carbocycles. The first kappa shape index (κ1) is 40.6. The van der Waals surface area contributed by atoms with Gasteiger partial charge in [0.15, 0.2) is 14.1 Å². The molecular formula is C41H58O9Si. The Bertz CT molecular complexity index is 1530. The van der Waals surface area contributed by atoms with Gasteiger partial charge in [-0.05, 0) is 83.6 Å². The number of rotatable bonds is 12. The van der Waals surface area contributed by atoms with Gasteiger partial charge in [0.05, 0.1) is 12.7 Å². The normalized spacial score (nSPS) is 22.2. The molecule has 2 aliphatic rings. The minimum absolute atomic E-state index is 0.0152. The van der Waals surface area contributed by atoms with Crippen molar-refractivity contribution >= 4 is 32.1 Å². The molecule has 4 atom stereocenters. The summed E-state index contributed by atoms with van der Waals surface area (Å²) in [6.45, 7) is 20.8. The van der Waals surface area contributed by atoms with Crippen molar-refractivity contribution in [2.45, 2.75) is 154 Å². The van der Waals surface area contributed by atoms with Crippen molar-refractivity contribution in [3.63, 3.8) is 0 Å². The Morgan fingerprint density at radius 2 is 1.39 bits per heavy atom. The number of hydrogen-bond donors (Lipinski definition) is 0. The molecule has 0 aromatic heterocycles. The first-order valence-electron chi connectivity index (χ1n) is 18.0. The van der Waals surface area contributed by atoms with E-state index < -0.39 is 66.9 Å². The monoisotopic (exact) mass is 722 g/mol. The minimum atomic E-state index is -2.62. The van der Waals surface area contributed by atoms with Crippen LogP contribution in [0.15, 0.2) is 66.7 Å². The summed E-state index contributed by atoms with van der Waals surface area (Å²) in [6.07, 6.45) is 1.72. The number of benzene rings is 2. The fourth-order valence-electron chi connectivity index (χ4n) is 5.93. The van der Waals surface area contributed by atoms with Gasteiger partial charge in [0.2, 0.25) is 11.9 Å². The lowest BCUT2D eigenvalue weighted by atomic mass is 9.85. The van der Waals surface area contributed by atoms with Crippen LogP contribution in [0.5, 0.6) is 0 Å². The standard InChI is InChI=1S/C41H58O9Si/c1-37(2,3)47-35(43)34-41(36(44)48-38(4,5)6,50-40(46-34)26-18-19-27-40)33(42)32(45-28-30-22-16-13-17-23-30)31(49-51(10,11)39(7,8)9)25-24-29-20-14-12-15-21-29/h12-17,20-25,31-32,34H,18-19,26-28H2,1-11H3/b25-24+/t31-,32+,34+,41+/m0/s1. The molecule has 0 radical (unpaired) electrons. The molecule has 2 aromatic rings. The van der Waals surface area contributed by atoms with Gasteiger partial charge in [0.25, 0.3) is 5.60 Å². The Balaban J connectivity index is 1.95. The van der Waals surface area contributed by atoms with Crippen LogP contribution in [0.1, 0.15) is 99.1 Å². The molecular weight excluding hydrogens is 665 g/mol. The third kappa shape index (κ3) is 10.0. The molecule has 0 amide bonds. The van der Waals surface area contributed by atoms with Crippen LogP contribution in [0, 0.1) is 0 Å². The van der Waals surface area contributed by atoms with Crippen molar-refractivity contribution in [2.24, 2.45) is 0 Å². The van der Waals surface area contributed by atoms with Crippen LogP contribution in [-0.2, 0) is 49.1 Å². The molecule has 4 rings (SSSR count). The topological polar surface area (TPSA) is 107 Å². The molecule has 280 valence electrons. The predicted octanol–water partition coefficient (Wildman–Crippen LogP) is 8.35. The molecule has 1 aliphatic carbocycles. The fraction of sp³-hybridized carbons (Fsp3) is 0.585. The second-order valence-electron chi connectivity index (χ2n) is 17.2. The van der Waals surface area contributed by atoms with Gasteiger partial charge in [-0.25, -0.2) is 9.59 Å². The van der Waals surface area contributed by atoms with Gasteiger partial charge in [0, 0.05) is 12.8 Å². The number of ketones is 1. The van der Waals surface area contributed by atoms with E-state index in [1.54, 1.807) is 47.6 Å². The first-order chi connectivity index (χ1) is 23.6. The van der Waals surface area contributed by atoms with Crippen molar-refractivity contribution < 1.29 is 42.5 Å². The minimum Gasteiger partial charge on any atom is -0.458 e. The molecule has 1 saturated carbocycles. The van der Waals surface area contributed by atoms with Gasteiger partial charge < -0.3 is 28.1 Å². The maximum Gasteiger partial charge on any atom is 0.350 e. The fourth-order valence-corrected chi connectivity index (χ4v) is 7.17. The molecule has 1 aliphatic heterocycles. The predicted molar refractivity (Wildman–Crippen MR) is 199 cm³/mol. The SMILES string of the molecule is CC(C)(C)OC(=O)[C@H]1OC2(CCCC2)O[C@]1(C(=O)OC(C)(C)C)C(=O)[C@H](OCc1ccccc1)[C@H](/C=C/c1ccccc1)O[Si](C)(C)C(C)(C)C. The lowest BCUT2D eigenvalue weighted by molar-refractivity contribution is -0.211. The number of ether oxygens (including phenoxy) is 5. The van der Waals surface area contributed by atoms with Gasteiger partial charge in [-0.3, -0.25) is 4.79 Å². The molecule has 0 N–H and O–H groups in total. The van der Waals surface area contributed by atoms with E-state index in [9.17, 15) is 9.59 Å². The average Bonchev–Trinajstić information content (AvgIpc) is 3.63. The lowest BCUT2D eigenvalue weighted by Crippen LogP contribution is -2.65. The summed E-state index contributed by atoms with van der Waals surface area (Å²) in [4.78, 5) is 44.6. The highest BCUT2D eigenvalue weighted by Gasteiger charge is 2.72. The molecule has 1 heterocycles. The second kappa shape index (κ2) is 15.4. The van der Waals surface area contributed by atoms with Gasteiger partial charge >= 0.3 is 11.9 Å². The summed E-state index contributed by atoms with van der Waals surface area (Å²) in [7, 11) is -2.62. The summed E-state index contributed by atoms with van der Waals surface area (Å²) in [6, 6.07) is 19.1. The summed E-state index contributed by atoms with van der Waals surface area (Å²) in [5, 5.41) is -0.248. The summed E-state index contributed by atoms with van der Waals surface area (Å²) in [5.74, 6) is -4.12. The van der Waals surface area contributed by atoms with Gasteiger partial charge in [-0.1, -0.05) is 93.6 Å². The molecule has 1 saturated heterocycles. The third-order valence-electron chi connectivity index (χ3n) is 9.45. The summed E-state index contributed by atoms with van der Waals surface area (Å²) in [5.41, 5.74) is -2.86. The summed E-state index contributed by atoms with van der Waals surface area (Å²) < 4.78 is 38.5. The first-order valence-corrected chi connectivity index (χ1v) is 20.9. The van der Waals surface area contributed by atoms with Crippen molar-refractivity contribution in [3.8, 4) is 0 Å². The zero-order chi connectivity index (χ0) is 37.9. The Hall–Kier alpha value is -3.15. The van der Waals surface area contributed by atoms with E-state index in [4.69, 9.17) is 28.1 Å². The Morgan fingerprint density at radius 1 is 0.843 bits per heavy atom.